The summed E-state index contributed by atoms with van der Waals surface area (Å²) in [4.78, 5) is 25.2. The van der Waals surface area contributed by atoms with Crippen molar-refractivity contribution >= 4 is 5.78 Å². The molecule has 4 aromatic rings. The van der Waals surface area contributed by atoms with Gasteiger partial charge in [0.05, 0.1) is 11.4 Å². The third-order valence-corrected chi connectivity index (χ3v) is 4.25. The molecule has 2 aromatic heterocycles. The smallest absolute Gasteiger partial charge is 0.178 e. The second-order valence-electron chi connectivity index (χ2n) is 6.18. The van der Waals surface area contributed by atoms with Gasteiger partial charge in [0.2, 0.25) is 0 Å². The van der Waals surface area contributed by atoms with E-state index < -0.39 is 0 Å². The normalized spacial score (nSPS) is 10.6. The van der Waals surface area contributed by atoms with Crippen LogP contribution in [0.15, 0.2) is 85.1 Å². The van der Waals surface area contributed by atoms with E-state index in [4.69, 9.17) is 4.98 Å². The lowest BCUT2D eigenvalue weighted by atomic mass is 10.0. The van der Waals surface area contributed by atoms with Crippen molar-refractivity contribution in [1.29, 1.82) is 0 Å². The number of hydrogen-bond donors (Lipinski definition) is 0. The number of pyridine rings is 1. The molecule has 0 fully saturated rings. The summed E-state index contributed by atoms with van der Waals surface area (Å²) in [7, 11) is 0. The summed E-state index contributed by atoms with van der Waals surface area (Å²) in [5.41, 5.74) is 4.96. The summed E-state index contributed by atoms with van der Waals surface area (Å²) in [5, 5.41) is 0. The molecule has 0 atom stereocenters. The first-order chi connectivity index (χ1) is 13.2. The first-order valence-electron chi connectivity index (χ1n) is 8.68. The van der Waals surface area contributed by atoms with Crippen LogP contribution in [0, 0.1) is 0 Å². The second-order valence-corrected chi connectivity index (χ2v) is 6.18. The van der Waals surface area contributed by atoms with Crippen LogP contribution in [0.2, 0.25) is 0 Å². The molecule has 130 valence electrons. The summed E-state index contributed by atoms with van der Waals surface area (Å²) in [6.45, 7) is 1.52. The molecule has 27 heavy (non-hydrogen) atoms. The zero-order valence-corrected chi connectivity index (χ0v) is 14.8. The zero-order chi connectivity index (χ0) is 18.6. The summed E-state index contributed by atoms with van der Waals surface area (Å²) >= 11 is 0. The molecule has 0 aliphatic heterocycles. The number of nitrogens with zero attached hydrogens (tertiary/aromatic N) is 3. The van der Waals surface area contributed by atoms with E-state index in [1.165, 1.54) is 6.92 Å². The Labute approximate surface area is 157 Å². The fraction of sp³-hybridized carbons (Fsp3) is 0.0435. The molecule has 2 aromatic carbocycles. The second kappa shape index (κ2) is 7.30. The van der Waals surface area contributed by atoms with Crippen molar-refractivity contribution in [3.63, 3.8) is 0 Å². The van der Waals surface area contributed by atoms with Crippen LogP contribution in [-0.2, 0) is 0 Å². The minimum atomic E-state index is -0.0451. The number of benzene rings is 2. The van der Waals surface area contributed by atoms with E-state index >= 15 is 0 Å². The van der Waals surface area contributed by atoms with Crippen LogP contribution in [-0.4, -0.2) is 20.7 Å². The summed E-state index contributed by atoms with van der Waals surface area (Å²) in [6.07, 6.45) is 1.77. The highest BCUT2D eigenvalue weighted by Gasteiger charge is 2.08. The van der Waals surface area contributed by atoms with Crippen molar-refractivity contribution < 1.29 is 4.79 Å². The Morgan fingerprint density at radius 2 is 1.37 bits per heavy atom. The highest BCUT2D eigenvalue weighted by molar-refractivity contribution is 5.92. The van der Waals surface area contributed by atoms with Crippen molar-refractivity contribution in [2.75, 3.05) is 0 Å². The minimum Gasteiger partial charge on any atom is -0.293 e. The third kappa shape index (κ3) is 3.65. The predicted molar refractivity (Wildman–Crippen MR) is 106 cm³/mol. The van der Waals surface area contributed by atoms with Gasteiger partial charge in [0, 0.05) is 29.8 Å². The van der Waals surface area contributed by atoms with Gasteiger partial charge in [-0.15, -0.1) is 0 Å². The van der Waals surface area contributed by atoms with Crippen molar-refractivity contribution in [3.05, 3.63) is 90.8 Å². The predicted octanol–water partition coefficient (Wildman–Crippen LogP) is 5.08. The van der Waals surface area contributed by atoms with Crippen molar-refractivity contribution in [1.82, 2.24) is 15.0 Å². The molecule has 0 unspecified atom stereocenters. The van der Waals surface area contributed by atoms with Crippen LogP contribution in [0.4, 0.5) is 0 Å². The minimum absolute atomic E-state index is 0.0451. The number of carbonyl (C=O) groups is 1. The molecule has 0 aliphatic rings. The zero-order valence-electron chi connectivity index (χ0n) is 14.8. The lowest BCUT2D eigenvalue weighted by Crippen LogP contribution is -1.97. The average molecular weight is 351 g/mol. The number of hydrogen-bond acceptors (Lipinski definition) is 4. The van der Waals surface area contributed by atoms with E-state index in [0.29, 0.717) is 11.5 Å². The largest absolute Gasteiger partial charge is 0.293 e. The SMILES string of the molecule is CC(=O)c1cccc(-c2cccc(-c3ccnc(-c4ccccc4)n3)c2)n1. The van der Waals surface area contributed by atoms with E-state index in [9.17, 15) is 4.79 Å². The Morgan fingerprint density at radius 3 is 2.11 bits per heavy atom. The standard InChI is InChI=1S/C23H17N3O/c1-16(27)20-11-6-12-21(25-20)18-9-5-10-19(15-18)22-13-14-24-23(26-22)17-7-3-2-4-8-17/h2-15H,1H3. The van der Waals surface area contributed by atoms with E-state index in [2.05, 4.69) is 9.97 Å². The summed E-state index contributed by atoms with van der Waals surface area (Å²) < 4.78 is 0. The molecule has 0 saturated carbocycles. The third-order valence-electron chi connectivity index (χ3n) is 4.25. The maximum Gasteiger partial charge on any atom is 0.178 e. The Morgan fingerprint density at radius 1 is 0.704 bits per heavy atom. The molecular weight excluding hydrogens is 334 g/mol. The monoisotopic (exact) mass is 351 g/mol. The van der Waals surface area contributed by atoms with Crippen molar-refractivity contribution in [3.8, 4) is 33.9 Å². The van der Waals surface area contributed by atoms with Gasteiger partial charge in [-0.25, -0.2) is 15.0 Å². The first kappa shape index (κ1) is 16.8. The van der Waals surface area contributed by atoms with Gasteiger partial charge in [0.1, 0.15) is 5.69 Å². The number of ketones is 1. The Hall–Kier alpha value is -3.66. The molecule has 0 N–H and O–H groups in total. The van der Waals surface area contributed by atoms with Crippen LogP contribution in [0.25, 0.3) is 33.9 Å². The van der Waals surface area contributed by atoms with Gasteiger partial charge in [-0.2, -0.15) is 0 Å². The van der Waals surface area contributed by atoms with Gasteiger partial charge >= 0.3 is 0 Å². The van der Waals surface area contributed by atoms with Crippen LogP contribution in [0.5, 0.6) is 0 Å². The van der Waals surface area contributed by atoms with Crippen LogP contribution in [0.3, 0.4) is 0 Å². The number of Topliss-reactive ketones (excluding diaryl/α,β-unsaturated/α-hetero) is 1. The van der Waals surface area contributed by atoms with Gasteiger partial charge < -0.3 is 0 Å². The van der Waals surface area contributed by atoms with Crippen molar-refractivity contribution in [2.24, 2.45) is 0 Å². The van der Waals surface area contributed by atoms with Crippen LogP contribution < -0.4 is 0 Å². The van der Waals surface area contributed by atoms with Gasteiger partial charge in [-0.1, -0.05) is 54.6 Å². The van der Waals surface area contributed by atoms with Crippen LogP contribution >= 0.6 is 0 Å². The molecule has 0 amide bonds. The van der Waals surface area contributed by atoms with E-state index in [0.717, 1.165) is 28.1 Å². The Kier molecular flexibility index (Phi) is 4.54. The van der Waals surface area contributed by atoms with Gasteiger partial charge in [-0.3, -0.25) is 4.79 Å². The number of aromatic nitrogens is 3. The molecular formula is C23H17N3O. The highest BCUT2D eigenvalue weighted by atomic mass is 16.1. The lowest BCUT2D eigenvalue weighted by Gasteiger charge is -2.07. The fourth-order valence-electron chi connectivity index (χ4n) is 2.88. The molecule has 0 aliphatic carbocycles. The summed E-state index contributed by atoms with van der Waals surface area (Å²) in [6, 6.07) is 25.3. The van der Waals surface area contributed by atoms with Gasteiger partial charge in [0.15, 0.2) is 11.6 Å². The quantitative estimate of drug-likeness (QED) is 0.481. The lowest BCUT2D eigenvalue weighted by molar-refractivity contribution is 0.101. The molecule has 0 radical (unpaired) electrons. The number of carbonyl (C=O) groups excluding carboxylic acids is 1. The maximum atomic E-state index is 11.6. The topological polar surface area (TPSA) is 55.7 Å². The number of rotatable bonds is 4. The molecule has 4 nitrogen and oxygen atoms in total. The van der Waals surface area contributed by atoms with Gasteiger partial charge in [0.25, 0.3) is 0 Å². The van der Waals surface area contributed by atoms with Gasteiger partial charge in [-0.05, 0) is 24.3 Å². The fourth-order valence-corrected chi connectivity index (χ4v) is 2.88. The van der Waals surface area contributed by atoms with Crippen LogP contribution in [0.1, 0.15) is 17.4 Å². The van der Waals surface area contributed by atoms with E-state index in [1.54, 1.807) is 12.3 Å². The maximum absolute atomic E-state index is 11.6. The van der Waals surface area contributed by atoms with E-state index in [-0.39, 0.29) is 5.78 Å². The Bertz CT molecular complexity index is 1110. The van der Waals surface area contributed by atoms with E-state index in [1.807, 2.05) is 72.8 Å². The molecule has 0 saturated heterocycles. The molecule has 2 heterocycles. The highest BCUT2D eigenvalue weighted by Crippen LogP contribution is 2.25. The Balaban J connectivity index is 1.73. The molecule has 4 rings (SSSR count). The average Bonchev–Trinajstić information content (AvgIpc) is 2.75. The molecule has 0 bridgehead atoms. The molecule has 0 spiro atoms. The molecule has 4 heteroatoms. The summed E-state index contributed by atoms with van der Waals surface area (Å²) in [5.74, 6) is 0.645. The first-order valence-corrected chi connectivity index (χ1v) is 8.68. The van der Waals surface area contributed by atoms with Crippen molar-refractivity contribution in [2.45, 2.75) is 6.92 Å².